The van der Waals surface area contributed by atoms with Gasteiger partial charge in [-0.15, -0.1) is 0 Å². The van der Waals surface area contributed by atoms with Crippen molar-refractivity contribution in [2.45, 2.75) is 18.3 Å². The highest BCUT2D eigenvalue weighted by molar-refractivity contribution is 9.10. The van der Waals surface area contributed by atoms with Gasteiger partial charge in [-0.1, -0.05) is 5.16 Å². The second-order valence-corrected chi connectivity index (χ2v) is 5.71. The molecule has 1 saturated heterocycles. The number of hydrogen-bond acceptors (Lipinski definition) is 6. The lowest BCUT2D eigenvalue weighted by atomic mass is 9.80. The quantitative estimate of drug-likeness (QED) is 0.919. The Morgan fingerprint density at radius 3 is 2.85 bits per heavy atom. The maximum absolute atomic E-state index is 5.94. The Balaban J connectivity index is 1.95. The molecule has 0 saturated carbocycles. The Labute approximate surface area is 124 Å². The Morgan fingerprint density at radius 2 is 2.15 bits per heavy atom. The summed E-state index contributed by atoms with van der Waals surface area (Å²) in [4.78, 5) is 8.77. The SMILES string of the molecule is NCC1(c2nc(-c3ncccc3Br)no2)CCOCC1. The van der Waals surface area contributed by atoms with E-state index in [-0.39, 0.29) is 5.41 Å². The fraction of sp³-hybridized carbons (Fsp3) is 0.462. The normalized spacial score (nSPS) is 18.1. The Bertz CT molecular complexity index is 596. The summed E-state index contributed by atoms with van der Waals surface area (Å²) in [7, 11) is 0. The van der Waals surface area contributed by atoms with Gasteiger partial charge in [0.2, 0.25) is 11.7 Å². The second-order valence-electron chi connectivity index (χ2n) is 4.85. The van der Waals surface area contributed by atoms with Crippen molar-refractivity contribution < 1.29 is 9.26 Å². The Morgan fingerprint density at radius 1 is 1.35 bits per heavy atom. The summed E-state index contributed by atoms with van der Waals surface area (Å²) in [6.45, 7) is 1.81. The van der Waals surface area contributed by atoms with Crippen LogP contribution in [-0.4, -0.2) is 34.9 Å². The fourth-order valence-corrected chi connectivity index (χ4v) is 2.79. The monoisotopic (exact) mass is 338 g/mol. The van der Waals surface area contributed by atoms with Crippen LogP contribution in [-0.2, 0) is 10.2 Å². The van der Waals surface area contributed by atoms with Crippen LogP contribution in [0.15, 0.2) is 27.3 Å². The van der Waals surface area contributed by atoms with Gasteiger partial charge in [-0.05, 0) is 40.9 Å². The van der Waals surface area contributed by atoms with Gasteiger partial charge in [0.05, 0.1) is 5.41 Å². The lowest BCUT2D eigenvalue weighted by molar-refractivity contribution is 0.0409. The summed E-state index contributed by atoms with van der Waals surface area (Å²) < 4.78 is 11.7. The topological polar surface area (TPSA) is 87.1 Å². The first-order chi connectivity index (χ1) is 9.75. The van der Waals surface area contributed by atoms with Crippen LogP contribution in [0, 0.1) is 0 Å². The van der Waals surface area contributed by atoms with Gasteiger partial charge in [0, 0.05) is 30.4 Å². The van der Waals surface area contributed by atoms with Gasteiger partial charge in [0.1, 0.15) is 5.69 Å². The van der Waals surface area contributed by atoms with E-state index in [1.165, 1.54) is 0 Å². The zero-order chi connectivity index (χ0) is 14.0. The van der Waals surface area contributed by atoms with Crippen LogP contribution in [0.3, 0.4) is 0 Å². The van der Waals surface area contributed by atoms with E-state index in [0.717, 1.165) is 17.3 Å². The predicted molar refractivity (Wildman–Crippen MR) is 76.0 cm³/mol. The molecule has 1 fully saturated rings. The fourth-order valence-electron chi connectivity index (χ4n) is 2.35. The summed E-state index contributed by atoms with van der Waals surface area (Å²) in [5, 5.41) is 4.04. The molecule has 0 amide bonds. The minimum absolute atomic E-state index is 0.273. The van der Waals surface area contributed by atoms with Crippen LogP contribution in [0.4, 0.5) is 0 Å². The van der Waals surface area contributed by atoms with Crippen molar-refractivity contribution in [1.29, 1.82) is 0 Å². The highest BCUT2D eigenvalue weighted by Crippen LogP contribution is 2.34. The maximum Gasteiger partial charge on any atom is 0.234 e. The number of aromatic nitrogens is 3. The zero-order valence-corrected chi connectivity index (χ0v) is 12.5. The summed E-state index contributed by atoms with van der Waals surface area (Å²) in [6, 6.07) is 3.74. The molecule has 3 heterocycles. The van der Waals surface area contributed by atoms with Gasteiger partial charge in [-0.3, -0.25) is 4.98 Å². The summed E-state index contributed by atoms with van der Waals surface area (Å²) in [6.07, 6.45) is 3.30. The molecule has 0 aliphatic carbocycles. The summed E-state index contributed by atoms with van der Waals surface area (Å²) in [5.74, 6) is 1.06. The van der Waals surface area contributed by atoms with Crippen molar-refractivity contribution in [3.8, 4) is 11.5 Å². The summed E-state index contributed by atoms with van der Waals surface area (Å²) in [5.41, 5.74) is 6.34. The molecule has 1 aliphatic rings. The molecular formula is C13H15BrN4O2. The van der Waals surface area contributed by atoms with Crippen molar-refractivity contribution in [2.75, 3.05) is 19.8 Å². The van der Waals surface area contributed by atoms with E-state index in [1.807, 2.05) is 12.1 Å². The maximum atomic E-state index is 5.94. The van der Waals surface area contributed by atoms with E-state index in [9.17, 15) is 0 Å². The number of nitrogens with two attached hydrogens (primary N) is 1. The predicted octanol–water partition coefficient (Wildman–Crippen LogP) is 1.90. The third-order valence-electron chi connectivity index (χ3n) is 3.69. The molecule has 2 N–H and O–H groups in total. The highest BCUT2D eigenvalue weighted by Gasteiger charge is 2.38. The molecule has 3 rings (SSSR count). The van der Waals surface area contributed by atoms with Crippen molar-refractivity contribution in [3.63, 3.8) is 0 Å². The number of rotatable bonds is 3. The van der Waals surface area contributed by atoms with Gasteiger partial charge in [0.15, 0.2) is 0 Å². The van der Waals surface area contributed by atoms with E-state index in [1.54, 1.807) is 6.20 Å². The van der Waals surface area contributed by atoms with Gasteiger partial charge in [0.25, 0.3) is 0 Å². The van der Waals surface area contributed by atoms with E-state index in [4.69, 9.17) is 15.0 Å². The van der Waals surface area contributed by atoms with E-state index in [0.29, 0.717) is 37.2 Å². The summed E-state index contributed by atoms with van der Waals surface area (Å²) >= 11 is 3.44. The molecule has 0 atom stereocenters. The molecule has 20 heavy (non-hydrogen) atoms. The van der Waals surface area contributed by atoms with Crippen molar-refractivity contribution >= 4 is 15.9 Å². The standard InChI is InChI=1S/C13H15BrN4O2/c14-9-2-1-5-16-10(9)11-17-12(20-18-11)13(8-15)3-6-19-7-4-13/h1-2,5H,3-4,6-8,15H2. The van der Waals surface area contributed by atoms with Crippen molar-refractivity contribution in [3.05, 3.63) is 28.7 Å². The molecule has 0 unspecified atom stereocenters. The van der Waals surface area contributed by atoms with Crippen LogP contribution >= 0.6 is 15.9 Å². The van der Waals surface area contributed by atoms with Gasteiger partial charge in [-0.2, -0.15) is 4.98 Å². The Hall–Kier alpha value is -1.31. The van der Waals surface area contributed by atoms with Crippen LogP contribution in [0.5, 0.6) is 0 Å². The van der Waals surface area contributed by atoms with E-state index in [2.05, 4.69) is 31.1 Å². The second kappa shape index (κ2) is 5.59. The lowest BCUT2D eigenvalue weighted by Gasteiger charge is -2.32. The molecule has 7 heteroatoms. The van der Waals surface area contributed by atoms with Crippen LogP contribution < -0.4 is 5.73 Å². The first-order valence-corrected chi connectivity index (χ1v) is 7.27. The number of pyridine rings is 1. The minimum atomic E-state index is -0.273. The molecule has 6 nitrogen and oxygen atoms in total. The minimum Gasteiger partial charge on any atom is -0.381 e. The first-order valence-electron chi connectivity index (χ1n) is 6.48. The molecule has 106 valence electrons. The van der Waals surface area contributed by atoms with E-state index >= 15 is 0 Å². The molecule has 1 aliphatic heterocycles. The molecule has 0 aromatic carbocycles. The molecule has 0 spiro atoms. The number of halogens is 1. The average Bonchev–Trinajstić information content (AvgIpc) is 2.98. The van der Waals surface area contributed by atoms with Crippen LogP contribution in [0.25, 0.3) is 11.5 Å². The number of ether oxygens (including phenoxy) is 1. The largest absolute Gasteiger partial charge is 0.381 e. The molecule has 2 aromatic rings. The lowest BCUT2D eigenvalue weighted by Crippen LogP contribution is -2.40. The van der Waals surface area contributed by atoms with Gasteiger partial charge < -0.3 is 15.0 Å². The highest BCUT2D eigenvalue weighted by atomic mass is 79.9. The smallest absolute Gasteiger partial charge is 0.234 e. The van der Waals surface area contributed by atoms with Crippen molar-refractivity contribution in [2.24, 2.45) is 5.73 Å². The Kier molecular flexibility index (Phi) is 3.82. The molecule has 2 aromatic heterocycles. The van der Waals surface area contributed by atoms with Crippen LogP contribution in [0.1, 0.15) is 18.7 Å². The zero-order valence-electron chi connectivity index (χ0n) is 10.9. The number of hydrogen-bond donors (Lipinski definition) is 1. The average molecular weight is 339 g/mol. The molecule has 0 radical (unpaired) electrons. The van der Waals surface area contributed by atoms with Crippen LogP contribution in [0.2, 0.25) is 0 Å². The number of nitrogens with zero attached hydrogens (tertiary/aromatic N) is 3. The third-order valence-corrected chi connectivity index (χ3v) is 4.33. The van der Waals surface area contributed by atoms with Crippen molar-refractivity contribution in [1.82, 2.24) is 15.1 Å². The van der Waals surface area contributed by atoms with E-state index < -0.39 is 0 Å². The molecular weight excluding hydrogens is 324 g/mol. The third kappa shape index (κ3) is 2.36. The van der Waals surface area contributed by atoms with Gasteiger partial charge in [-0.25, -0.2) is 0 Å². The van der Waals surface area contributed by atoms with Gasteiger partial charge >= 0.3 is 0 Å². The molecule has 0 bridgehead atoms. The first kappa shape index (κ1) is 13.7.